The number of aromatic nitrogens is 2. The lowest BCUT2D eigenvalue weighted by atomic mass is 9.99. The van der Waals surface area contributed by atoms with E-state index >= 15 is 0 Å². The van der Waals surface area contributed by atoms with E-state index in [4.69, 9.17) is 4.98 Å². The number of hydrogen-bond acceptors (Lipinski definition) is 3. The fraction of sp³-hybridized carbons (Fsp3) is 0.105. The van der Waals surface area contributed by atoms with E-state index in [0.29, 0.717) is 12.0 Å². The number of pyridine rings is 2. The third-order valence-electron chi connectivity index (χ3n) is 3.55. The zero-order chi connectivity index (χ0) is 15.4. The number of fused-ring (bicyclic) bond motifs is 1. The third kappa shape index (κ3) is 2.66. The molecular formula is C19H15N2O. The average Bonchev–Trinajstić information content (AvgIpc) is 2.60. The van der Waals surface area contributed by atoms with Gasteiger partial charge in [-0.3, -0.25) is 9.78 Å². The highest BCUT2D eigenvalue weighted by Crippen LogP contribution is 2.26. The monoisotopic (exact) mass is 287 g/mol. The maximum Gasteiger partial charge on any atom is 0.229 e. The largest absolute Gasteiger partial charge is 0.285 e. The van der Waals surface area contributed by atoms with E-state index in [1.54, 1.807) is 6.20 Å². The molecule has 3 aromatic rings. The highest BCUT2D eigenvalue weighted by Gasteiger charge is 2.14. The lowest BCUT2D eigenvalue weighted by molar-refractivity contribution is 0.560. The van der Waals surface area contributed by atoms with Gasteiger partial charge in [-0.05, 0) is 30.7 Å². The number of allylic oxidation sites excluding steroid dienone is 1. The SMILES string of the molecule is CCC([C]=O)=C(c1ccccn1)c1ccc2ccccc2n1. The molecule has 2 aromatic heterocycles. The van der Waals surface area contributed by atoms with Gasteiger partial charge in [0.2, 0.25) is 6.29 Å². The van der Waals surface area contributed by atoms with E-state index in [1.807, 2.05) is 67.8 Å². The summed E-state index contributed by atoms with van der Waals surface area (Å²) in [6.07, 6.45) is 4.35. The lowest BCUT2D eigenvalue weighted by Gasteiger charge is -2.10. The fourth-order valence-electron chi connectivity index (χ4n) is 2.46. The van der Waals surface area contributed by atoms with Crippen LogP contribution in [-0.2, 0) is 4.79 Å². The molecule has 0 saturated heterocycles. The van der Waals surface area contributed by atoms with Crippen molar-refractivity contribution in [3.8, 4) is 0 Å². The van der Waals surface area contributed by atoms with Gasteiger partial charge in [-0.1, -0.05) is 37.3 Å². The van der Waals surface area contributed by atoms with Gasteiger partial charge in [0, 0.05) is 22.7 Å². The van der Waals surface area contributed by atoms with Crippen molar-refractivity contribution in [2.75, 3.05) is 0 Å². The smallest absolute Gasteiger partial charge is 0.229 e. The van der Waals surface area contributed by atoms with Crippen LogP contribution in [0.5, 0.6) is 0 Å². The first kappa shape index (κ1) is 14.1. The first-order chi connectivity index (χ1) is 10.8. The van der Waals surface area contributed by atoms with Crippen molar-refractivity contribution in [3.63, 3.8) is 0 Å². The standard InChI is InChI=1S/C19H15N2O/c1-2-14(13-22)19(17-9-5-6-12-20-17)18-11-10-15-7-3-4-8-16(15)21-18/h3-12H,2H2,1H3. The van der Waals surface area contributed by atoms with Crippen LogP contribution >= 0.6 is 0 Å². The Morgan fingerprint density at radius 3 is 2.55 bits per heavy atom. The molecule has 1 radical (unpaired) electrons. The van der Waals surface area contributed by atoms with E-state index in [9.17, 15) is 4.79 Å². The second-order valence-electron chi connectivity index (χ2n) is 4.91. The fourth-order valence-corrected chi connectivity index (χ4v) is 2.46. The molecule has 0 aliphatic carbocycles. The molecule has 107 valence electrons. The number of carbonyl (C=O) groups excluding carboxylic acids is 1. The first-order valence-corrected chi connectivity index (χ1v) is 7.22. The molecular weight excluding hydrogens is 272 g/mol. The van der Waals surface area contributed by atoms with Crippen molar-refractivity contribution in [1.82, 2.24) is 9.97 Å². The second-order valence-corrected chi connectivity index (χ2v) is 4.91. The molecule has 0 N–H and O–H groups in total. The zero-order valence-corrected chi connectivity index (χ0v) is 12.3. The number of para-hydroxylation sites is 1. The lowest BCUT2D eigenvalue weighted by Crippen LogP contribution is -2.00. The van der Waals surface area contributed by atoms with Gasteiger partial charge in [-0.2, -0.15) is 0 Å². The van der Waals surface area contributed by atoms with Gasteiger partial charge >= 0.3 is 0 Å². The van der Waals surface area contributed by atoms with E-state index < -0.39 is 0 Å². The summed E-state index contributed by atoms with van der Waals surface area (Å²) in [6.45, 7) is 1.93. The molecule has 22 heavy (non-hydrogen) atoms. The van der Waals surface area contributed by atoms with Gasteiger partial charge in [-0.15, -0.1) is 0 Å². The summed E-state index contributed by atoms with van der Waals surface area (Å²) < 4.78 is 0. The predicted octanol–water partition coefficient (Wildman–Crippen LogP) is 3.95. The van der Waals surface area contributed by atoms with Gasteiger partial charge in [-0.25, -0.2) is 4.98 Å². The summed E-state index contributed by atoms with van der Waals surface area (Å²) in [6, 6.07) is 17.5. The van der Waals surface area contributed by atoms with Gasteiger partial charge < -0.3 is 0 Å². The predicted molar refractivity (Wildman–Crippen MR) is 88.0 cm³/mol. The Kier molecular flexibility index (Phi) is 4.05. The average molecular weight is 287 g/mol. The first-order valence-electron chi connectivity index (χ1n) is 7.22. The van der Waals surface area contributed by atoms with Crippen molar-refractivity contribution >= 4 is 22.8 Å². The second kappa shape index (κ2) is 6.31. The molecule has 0 unspecified atom stereocenters. The van der Waals surface area contributed by atoms with Crippen LogP contribution in [0.25, 0.3) is 16.5 Å². The van der Waals surface area contributed by atoms with Crippen molar-refractivity contribution in [2.24, 2.45) is 0 Å². The highest BCUT2D eigenvalue weighted by molar-refractivity contribution is 5.94. The minimum atomic E-state index is 0.585. The molecule has 3 rings (SSSR count). The summed E-state index contributed by atoms with van der Waals surface area (Å²) in [5, 5.41) is 1.07. The molecule has 1 aromatic carbocycles. The highest BCUT2D eigenvalue weighted by atomic mass is 16.1. The number of rotatable bonds is 4. The molecule has 0 aliphatic heterocycles. The van der Waals surface area contributed by atoms with Crippen LogP contribution in [0.15, 0.2) is 66.4 Å². The van der Waals surface area contributed by atoms with Crippen LogP contribution in [0.2, 0.25) is 0 Å². The summed E-state index contributed by atoms with van der Waals surface area (Å²) in [5.41, 5.74) is 3.73. The summed E-state index contributed by atoms with van der Waals surface area (Å²) in [7, 11) is 0. The Morgan fingerprint density at radius 1 is 1.00 bits per heavy atom. The Bertz CT molecular complexity index is 838. The van der Waals surface area contributed by atoms with E-state index in [2.05, 4.69) is 4.98 Å². The molecule has 0 aliphatic rings. The summed E-state index contributed by atoms with van der Waals surface area (Å²) in [5.74, 6) is 0. The van der Waals surface area contributed by atoms with E-state index in [-0.39, 0.29) is 0 Å². The molecule has 2 heterocycles. The third-order valence-corrected chi connectivity index (χ3v) is 3.55. The van der Waals surface area contributed by atoms with Crippen LogP contribution in [0, 0.1) is 0 Å². The number of nitrogens with zero attached hydrogens (tertiary/aromatic N) is 2. The molecule has 3 heteroatoms. The molecule has 0 bridgehead atoms. The molecule has 0 fully saturated rings. The molecule has 0 amide bonds. The minimum Gasteiger partial charge on any atom is -0.285 e. The van der Waals surface area contributed by atoms with Crippen LogP contribution in [0.1, 0.15) is 24.7 Å². The summed E-state index contributed by atoms with van der Waals surface area (Å²) >= 11 is 0. The Labute approximate surface area is 129 Å². The minimum absolute atomic E-state index is 0.585. The summed E-state index contributed by atoms with van der Waals surface area (Å²) in [4.78, 5) is 20.4. The van der Waals surface area contributed by atoms with Crippen LogP contribution in [-0.4, -0.2) is 16.3 Å². The number of hydrogen-bond donors (Lipinski definition) is 0. The van der Waals surface area contributed by atoms with Gasteiger partial charge in [0.25, 0.3) is 0 Å². The molecule has 0 atom stereocenters. The Morgan fingerprint density at radius 2 is 1.82 bits per heavy atom. The van der Waals surface area contributed by atoms with Gasteiger partial charge in [0.1, 0.15) is 0 Å². The Hall–Kier alpha value is -2.81. The maximum absolute atomic E-state index is 11.3. The van der Waals surface area contributed by atoms with Gasteiger partial charge in [0.15, 0.2) is 0 Å². The zero-order valence-electron chi connectivity index (χ0n) is 12.3. The topological polar surface area (TPSA) is 42.9 Å². The van der Waals surface area contributed by atoms with Gasteiger partial charge in [0.05, 0.1) is 16.9 Å². The molecule has 0 spiro atoms. The quantitative estimate of drug-likeness (QED) is 0.682. The normalized spacial score (nSPS) is 12.0. The van der Waals surface area contributed by atoms with Crippen molar-refractivity contribution in [3.05, 3.63) is 77.8 Å². The van der Waals surface area contributed by atoms with Crippen molar-refractivity contribution in [1.29, 1.82) is 0 Å². The van der Waals surface area contributed by atoms with Crippen LogP contribution < -0.4 is 0 Å². The van der Waals surface area contributed by atoms with Crippen LogP contribution in [0.4, 0.5) is 0 Å². The maximum atomic E-state index is 11.3. The molecule has 3 nitrogen and oxygen atoms in total. The van der Waals surface area contributed by atoms with Crippen molar-refractivity contribution < 1.29 is 4.79 Å². The Balaban J connectivity index is 2.24. The van der Waals surface area contributed by atoms with Crippen molar-refractivity contribution in [2.45, 2.75) is 13.3 Å². The van der Waals surface area contributed by atoms with E-state index in [0.717, 1.165) is 27.9 Å². The molecule has 0 saturated carbocycles. The number of benzene rings is 1. The van der Waals surface area contributed by atoms with Crippen LogP contribution in [0.3, 0.4) is 0 Å². The van der Waals surface area contributed by atoms with E-state index in [1.165, 1.54) is 0 Å².